The van der Waals surface area contributed by atoms with E-state index in [1.54, 1.807) is 24.3 Å². The second-order valence-corrected chi connectivity index (χ2v) is 5.10. The van der Waals surface area contributed by atoms with E-state index in [0.717, 1.165) is 6.42 Å². The Kier molecular flexibility index (Phi) is 4.32. The van der Waals surface area contributed by atoms with E-state index in [2.05, 4.69) is 13.8 Å². The third kappa shape index (κ3) is 3.01. The van der Waals surface area contributed by atoms with E-state index in [0.29, 0.717) is 36.8 Å². The van der Waals surface area contributed by atoms with Crippen LogP contribution in [0.1, 0.15) is 41.0 Å². The third-order valence-electron chi connectivity index (χ3n) is 3.18. The molecule has 0 atom stereocenters. The number of nitrogens with zero attached hydrogens (tertiary/aromatic N) is 1. The quantitative estimate of drug-likeness (QED) is 0.583. The van der Waals surface area contributed by atoms with Crippen LogP contribution in [0.5, 0.6) is 0 Å². The van der Waals surface area contributed by atoms with Gasteiger partial charge in [-0.2, -0.15) is 0 Å². The zero-order valence-electron chi connectivity index (χ0n) is 11.4. The first kappa shape index (κ1) is 13.7. The summed E-state index contributed by atoms with van der Waals surface area (Å²) in [5.41, 5.74) is 0.990. The molecule has 0 fully saturated rings. The first-order valence-electron chi connectivity index (χ1n) is 6.64. The van der Waals surface area contributed by atoms with Gasteiger partial charge >= 0.3 is 0 Å². The van der Waals surface area contributed by atoms with Gasteiger partial charge in [0.15, 0.2) is 0 Å². The standard InChI is InChI=1S/C15H19NO3/c1-11(2)7-9-19-10-8-16-14(17)12-5-3-4-6-13(12)15(16)18/h3-6,11H,7-10H2,1-2H3. The summed E-state index contributed by atoms with van der Waals surface area (Å²) in [6.07, 6.45) is 0.988. The topological polar surface area (TPSA) is 46.6 Å². The van der Waals surface area contributed by atoms with Crippen LogP contribution in [0.15, 0.2) is 24.3 Å². The SMILES string of the molecule is CC(C)CCOCCN1C(=O)c2ccccc2C1=O. The maximum atomic E-state index is 12.0. The highest BCUT2D eigenvalue weighted by molar-refractivity contribution is 6.21. The van der Waals surface area contributed by atoms with Gasteiger partial charge in [-0.3, -0.25) is 14.5 Å². The van der Waals surface area contributed by atoms with Gasteiger partial charge in [0.25, 0.3) is 11.8 Å². The van der Waals surface area contributed by atoms with Crippen LogP contribution in [-0.2, 0) is 4.74 Å². The van der Waals surface area contributed by atoms with Gasteiger partial charge < -0.3 is 4.74 Å². The summed E-state index contributed by atoms with van der Waals surface area (Å²) >= 11 is 0. The van der Waals surface area contributed by atoms with Crippen molar-refractivity contribution in [3.05, 3.63) is 35.4 Å². The molecule has 1 aliphatic rings. The Morgan fingerprint density at radius 3 is 2.16 bits per heavy atom. The zero-order valence-corrected chi connectivity index (χ0v) is 11.4. The Bertz CT molecular complexity index is 447. The van der Waals surface area contributed by atoms with E-state index in [4.69, 9.17) is 4.74 Å². The number of imide groups is 1. The lowest BCUT2D eigenvalue weighted by atomic mass is 10.1. The predicted molar refractivity (Wildman–Crippen MR) is 72.1 cm³/mol. The number of amides is 2. The molecule has 0 aromatic heterocycles. The van der Waals surface area contributed by atoms with Crippen LogP contribution in [0.3, 0.4) is 0 Å². The van der Waals surface area contributed by atoms with Crippen LogP contribution in [0, 0.1) is 5.92 Å². The Morgan fingerprint density at radius 2 is 1.63 bits per heavy atom. The number of hydrogen-bond donors (Lipinski definition) is 0. The summed E-state index contributed by atoms with van der Waals surface area (Å²) in [5.74, 6) is 0.167. The predicted octanol–water partition coefficient (Wildman–Crippen LogP) is 2.35. The van der Waals surface area contributed by atoms with Crippen molar-refractivity contribution in [3.63, 3.8) is 0 Å². The Labute approximate surface area is 113 Å². The maximum Gasteiger partial charge on any atom is 0.261 e. The summed E-state index contributed by atoms with van der Waals surface area (Å²) in [6.45, 7) is 5.66. The molecule has 0 aliphatic carbocycles. The van der Waals surface area contributed by atoms with E-state index in [1.165, 1.54) is 4.90 Å². The van der Waals surface area contributed by atoms with Gasteiger partial charge in [-0.15, -0.1) is 0 Å². The van der Waals surface area contributed by atoms with Crippen LogP contribution < -0.4 is 0 Å². The molecule has 1 aromatic rings. The van der Waals surface area contributed by atoms with Gasteiger partial charge in [-0.1, -0.05) is 26.0 Å². The lowest BCUT2D eigenvalue weighted by molar-refractivity contribution is 0.0553. The molecule has 1 aromatic carbocycles. The van der Waals surface area contributed by atoms with E-state index in [9.17, 15) is 9.59 Å². The van der Waals surface area contributed by atoms with Crippen LogP contribution in [0.25, 0.3) is 0 Å². The van der Waals surface area contributed by atoms with Crippen molar-refractivity contribution in [1.82, 2.24) is 4.90 Å². The smallest absolute Gasteiger partial charge is 0.261 e. The minimum atomic E-state index is -0.215. The summed E-state index contributed by atoms with van der Waals surface area (Å²) < 4.78 is 5.46. The number of ether oxygens (including phenoxy) is 1. The molecule has 4 nitrogen and oxygen atoms in total. The fourth-order valence-electron chi connectivity index (χ4n) is 2.02. The summed E-state index contributed by atoms with van der Waals surface area (Å²) in [4.78, 5) is 25.3. The molecule has 0 N–H and O–H groups in total. The van der Waals surface area contributed by atoms with Gasteiger partial charge in [-0.25, -0.2) is 0 Å². The minimum absolute atomic E-state index is 0.215. The molecule has 2 rings (SSSR count). The molecule has 1 heterocycles. The molecule has 0 saturated heterocycles. The molecule has 1 aliphatic heterocycles. The number of rotatable bonds is 6. The number of benzene rings is 1. The van der Waals surface area contributed by atoms with E-state index in [1.807, 2.05) is 0 Å². The lowest BCUT2D eigenvalue weighted by Crippen LogP contribution is -2.33. The Hall–Kier alpha value is -1.68. The molecule has 0 bridgehead atoms. The van der Waals surface area contributed by atoms with Gasteiger partial charge in [0.2, 0.25) is 0 Å². The van der Waals surface area contributed by atoms with Crippen molar-refractivity contribution in [2.45, 2.75) is 20.3 Å². The minimum Gasteiger partial charge on any atom is -0.380 e. The third-order valence-corrected chi connectivity index (χ3v) is 3.18. The van der Waals surface area contributed by atoms with Crippen molar-refractivity contribution in [3.8, 4) is 0 Å². The highest BCUT2D eigenvalue weighted by atomic mass is 16.5. The highest BCUT2D eigenvalue weighted by Gasteiger charge is 2.34. The summed E-state index contributed by atoms with van der Waals surface area (Å²) in [6, 6.07) is 6.92. The molecule has 2 amide bonds. The second-order valence-electron chi connectivity index (χ2n) is 5.10. The van der Waals surface area contributed by atoms with Gasteiger partial charge in [0.05, 0.1) is 24.3 Å². The maximum absolute atomic E-state index is 12.0. The summed E-state index contributed by atoms with van der Waals surface area (Å²) in [7, 11) is 0. The van der Waals surface area contributed by atoms with Crippen molar-refractivity contribution < 1.29 is 14.3 Å². The molecular formula is C15H19NO3. The van der Waals surface area contributed by atoms with Gasteiger partial charge in [-0.05, 0) is 24.5 Å². The average Bonchev–Trinajstić information content (AvgIpc) is 2.63. The van der Waals surface area contributed by atoms with Crippen LogP contribution in [-0.4, -0.2) is 36.5 Å². The fourth-order valence-corrected chi connectivity index (χ4v) is 2.02. The van der Waals surface area contributed by atoms with E-state index >= 15 is 0 Å². The lowest BCUT2D eigenvalue weighted by Gasteiger charge is -2.14. The molecule has 0 saturated carbocycles. The zero-order chi connectivity index (χ0) is 13.8. The van der Waals surface area contributed by atoms with E-state index < -0.39 is 0 Å². The van der Waals surface area contributed by atoms with Gasteiger partial charge in [0.1, 0.15) is 0 Å². The highest BCUT2D eigenvalue weighted by Crippen LogP contribution is 2.21. The van der Waals surface area contributed by atoms with Crippen LogP contribution in [0.2, 0.25) is 0 Å². The molecule has 0 unspecified atom stereocenters. The number of carbonyl (C=O) groups is 2. The first-order valence-corrected chi connectivity index (χ1v) is 6.64. The van der Waals surface area contributed by atoms with Crippen LogP contribution in [0.4, 0.5) is 0 Å². The number of fused-ring (bicyclic) bond motifs is 1. The van der Waals surface area contributed by atoms with Crippen molar-refractivity contribution >= 4 is 11.8 Å². The molecule has 4 heteroatoms. The van der Waals surface area contributed by atoms with Gasteiger partial charge in [0, 0.05) is 6.61 Å². The largest absolute Gasteiger partial charge is 0.380 e. The Balaban J connectivity index is 1.87. The summed E-state index contributed by atoms with van der Waals surface area (Å²) in [5, 5.41) is 0. The average molecular weight is 261 g/mol. The van der Waals surface area contributed by atoms with Crippen molar-refractivity contribution in [2.75, 3.05) is 19.8 Å². The van der Waals surface area contributed by atoms with Crippen molar-refractivity contribution in [2.24, 2.45) is 5.92 Å². The second kappa shape index (κ2) is 5.97. The Morgan fingerprint density at radius 1 is 1.05 bits per heavy atom. The molecule has 19 heavy (non-hydrogen) atoms. The first-order chi connectivity index (χ1) is 9.11. The van der Waals surface area contributed by atoms with E-state index in [-0.39, 0.29) is 11.8 Å². The van der Waals surface area contributed by atoms with Crippen LogP contribution >= 0.6 is 0 Å². The molecule has 102 valence electrons. The van der Waals surface area contributed by atoms with Crippen molar-refractivity contribution in [1.29, 1.82) is 0 Å². The fraction of sp³-hybridized carbons (Fsp3) is 0.467. The molecule has 0 spiro atoms. The number of carbonyl (C=O) groups excluding carboxylic acids is 2. The normalized spacial score (nSPS) is 14.4. The molecular weight excluding hydrogens is 242 g/mol. The monoisotopic (exact) mass is 261 g/mol. The number of hydrogen-bond acceptors (Lipinski definition) is 3. The molecule has 0 radical (unpaired) electrons.